The first-order valence-corrected chi connectivity index (χ1v) is 10.6. The topological polar surface area (TPSA) is 18.5 Å². The van der Waals surface area contributed by atoms with E-state index in [4.69, 9.17) is 9.16 Å². The van der Waals surface area contributed by atoms with E-state index in [1.165, 1.54) is 5.56 Å². The van der Waals surface area contributed by atoms with Gasteiger partial charge in [0.05, 0.1) is 12.9 Å². The highest BCUT2D eigenvalue weighted by Crippen LogP contribution is 2.37. The maximum Gasteiger partial charge on any atom is 0.250 e. The van der Waals surface area contributed by atoms with Gasteiger partial charge in [0.1, 0.15) is 5.75 Å². The second-order valence-electron chi connectivity index (χ2n) is 7.06. The van der Waals surface area contributed by atoms with E-state index in [2.05, 4.69) is 59.0 Å². The van der Waals surface area contributed by atoms with Gasteiger partial charge in [0, 0.05) is 0 Å². The van der Waals surface area contributed by atoms with Crippen LogP contribution in [0.1, 0.15) is 39.7 Å². The number of aryl methyl sites for hydroxylation is 1. The fraction of sp³-hybridized carbons (Fsp3) is 0.556. The highest BCUT2D eigenvalue weighted by atomic mass is 28.4. The van der Waals surface area contributed by atoms with Crippen LogP contribution < -0.4 is 4.74 Å². The Bertz CT molecular complexity index is 467. The van der Waals surface area contributed by atoms with Gasteiger partial charge >= 0.3 is 0 Å². The molecule has 0 aliphatic carbocycles. The van der Waals surface area contributed by atoms with Gasteiger partial charge < -0.3 is 9.16 Å². The van der Waals surface area contributed by atoms with E-state index in [1.54, 1.807) is 7.11 Å². The van der Waals surface area contributed by atoms with E-state index >= 15 is 0 Å². The van der Waals surface area contributed by atoms with Crippen LogP contribution in [0, 0.1) is 0 Å². The summed E-state index contributed by atoms with van der Waals surface area (Å²) in [7, 11) is -0.000711. The van der Waals surface area contributed by atoms with Crippen LogP contribution in [0.3, 0.4) is 0 Å². The van der Waals surface area contributed by atoms with Crippen molar-refractivity contribution in [1.82, 2.24) is 0 Å². The zero-order valence-electron chi connectivity index (χ0n) is 14.6. The Morgan fingerprint density at radius 2 is 1.71 bits per heavy atom. The lowest BCUT2D eigenvalue weighted by molar-refractivity contribution is 0.384. The lowest BCUT2D eigenvalue weighted by atomic mass is 10.1. The minimum Gasteiger partial charge on any atom is -0.547 e. The van der Waals surface area contributed by atoms with Crippen LogP contribution in [-0.4, -0.2) is 15.4 Å². The van der Waals surface area contributed by atoms with Gasteiger partial charge in [0.2, 0.25) is 8.32 Å². The van der Waals surface area contributed by atoms with Gasteiger partial charge in [-0.15, -0.1) is 0 Å². The highest BCUT2D eigenvalue weighted by Gasteiger charge is 2.38. The molecular formula is C18H30O2Si. The molecule has 2 nitrogen and oxygen atoms in total. The molecule has 1 aromatic rings. The molecule has 0 aliphatic rings. The maximum atomic E-state index is 6.26. The summed E-state index contributed by atoms with van der Waals surface area (Å²) in [6, 6.07) is 8.27. The van der Waals surface area contributed by atoms with Crippen molar-refractivity contribution in [2.24, 2.45) is 0 Å². The molecule has 0 atom stereocenters. The van der Waals surface area contributed by atoms with E-state index in [1.807, 2.05) is 12.1 Å². The molecule has 0 radical (unpaired) electrons. The third-order valence-electron chi connectivity index (χ3n) is 4.25. The number of rotatable bonds is 6. The monoisotopic (exact) mass is 306 g/mol. The number of allylic oxidation sites excluding steroid dienone is 2. The highest BCUT2D eigenvalue weighted by molar-refractivity contribution is 6.74. The van der Waals surface area contributed by atoms with Crippen LogP contribution in [0.2, 0.25) is 18.1 Å². The molecule has 3 heteroatoms. The van der Waals surface area contributed by atoms with Gasteiger partial charge in [0.25, 0.3) is 0 Å². The molecule has 0 heterocycles. The van der Waals surface area contributed by atoms with Gasteiger partial charge in [0.15, 0.2) is 0 Å². The van der Waals surface area contributed by atoms with Crippen molar-refractivity contribution >= 4 is 8.32 Å². The molecule has 0 saturated heterocycles. The summed E-state index contributed by atoms with van der Waals surface area (Å²) in [5.74, 6) is 1.97. The third-order valence-corrected chi connectivity index (χ3v) is 8.69. The molecule has 0 aliphatic heterocycles. The van der Waals surface area contributed by atoms with Gasteiger partial charge in [-0.3, -0.25) is 0 Å². The molecule has 0 aromatic heterocycles. The lowest BCUT2D eigenvalue weighted by Crippen LogP contribution is -2.40. The first kappa shape index (κ1) is 17.8. The van der Waals surface area contributed by atoms with E-state index in [9.17, 15) is 0 Å². The van der Waals surface area contributed by atoms with Crippen molar-refractivity contribution in [2.45, 2.75) is 58.7 Å². The van der Waals surface area contributed by atoms with Crippen molar-refractivity contribution in [3.63, 3.8) is 0 Å². The molecular weight excluding hydrogens is 276 g/mol. The van der Waals surface area contributed by atoms with E-state index in [-0.39, 0.29) is 5.04 Å². The number of benzene rings is 1. The molecule has 0 spiro atoms. The Labute approximate surface area is 131 Å². The van der Waals surface area contributed by atoms with E-state index in [0.29, 0.717) is 0 Å². The summed E-state index contributed by atoms with van der Waals surface area (Å²) in [4.78, 5) is 0. The summed E-state index contributed by atoms with van der Waals surface area (Å²) in [6.07, 6.45) is 4.25. The maximum absolute atomic E-state index is 6.26. The van der Waals surface area contributed by atoms with Crippen LogP contribution in [-0.2, 0) is 10.8 Å². The number of hydrogen-bond donors (Lipinski definition) is 0. The smallest absolute Gasteiger partial charge is 0.250 e. The van der Waals surface area contributed by atoms with Crippen molar-refractivity contribution < 1.29 is 9.16 Å². The first-order chi connectivity index (χ1) is 9.65. The van der Waals surface area contributed by atoms with E-state index in [0.717, 1.165) is 24.4 Å². The van der Waals surface area contributed by atoms with Crippen molar-refractivity contribution in [1.29, 1.82) is 0 Å². The predicted molar refractivity (Wildman–Crippen MR) is 93.4 cm³/mol. The molecule has 0 N–H and O–H groups in total. The van der Waals surface area contributed by atoms with Gasteiger partial charge in [-0.05, 0) is 61.7 Å². The summed E-state index contributed by atoms with van der Waals surface area (Å²) in [5, 5.41) is 0.248. The van der Waals surface area contributed by atoms with E-state index < -0.39 is 8.32 Å². The second-order valence-corrected chi connectivity index (χ2v) is 11.8. The van der Waals surface area contributed by atoms with Crippen molar-refractivity contribution in [3.05, 3.63) is 41.7 Å². The largest absolute Gasteiger partial charge is 0.547 e. The number of hydrogen-bond acceptors (Lipinski definition) is 2. The third kappa shape index (κ3) is 5.58. The Kier molecular flexibility index (Phi) is 6.08. The van der Waals surface area contributed by atoms with Gasteiger partial charge in [-0.1, -0.05) is 32.9 Å². The Hall–Kier alpha value is -1.22. The first-order valence-electron chi connectivity index (χ1n) is 7.64. The molecule has 118 valence electrons. The van der Waals surface area contributed by atoms with Crippen LogP contribution in [0.25, 0.3) is 0 Å². The molecule has 0 amide bonds. The second kappa shape index (κ2) is 7.17. The molecule has 0 bridgehead atoms. The molecule has 21 heavy (non-hydrogen) atoms. The molecule has 0 unspecified atom stereocenters. The average Bonchev–Trinajstić information content (AvgIpc) is 2.37. The standard InChI is InChI=1S/C18H30O2Si/c1-15(20-21(6,7)18(2,3)4)9-8-10-16-11-13-17(19-5)14-12-16/h9,11-14H,8,10H2,1-7H3/b15-9+. The SMILES string of the molecule is COc1ccc(CC/C=C(\C)O[Si](C)(C)C(C)(C)C)cc1. The fourth-order valence-electron chi connectivity index (χ4n) is 1.83. The summed E-state index contributed by atoms with van der Waals surface area (Å²) >= 11 is 0. The Morgan fingerprint density at radius 1 is 1.14 bits per heavy atom. The van der Waals surface area contributed by atoms with Gasteiger partial charge in [-0.2, -0.15) is 0 Å². The van der Waals surface area contributed by atoms with Crippen LogP contribution in [0.5, 0.6) is 5.75 Å². The van der Waals surface area contributed by atoms with Gasteiger partial charge in [-0.25, -0.2) is 0 Å². The molecule has 0 saturated carbocycles. The predicted octanol–water partition coefficient (Wildman–Crippen LogP) is 5.55. The molecule has 1 rings (SSSR count). The zero-order chi connectivity index (χ0) is 16.1. The number of methoxy groups -OCH3 is 1. The van der Waals surface area contributed by atoms with Crippen molar-refractivity contribution in [2.75, 3.05) is 7.11 Å². The fourth-order valence-corrected chi connectivity index (χ4v) is 3.03. The Balaban J connectivity index is 2.52. The zero-order valence-corrected chi connectivity index (χ0v) is 15.6. The molecule has 0 fully saturated rings. The number of ether oxygens (including phenoxy) is 1. The summed E-state index contributed by atoms with van der Waals surface area (Å²) < 4.78 is 11.4. The Morgan fingerprint density at radius 3 is 2.19 bits per heavy atom. The molecule has 1 aromatic carbocycles. The normalized spacial score (nSPS) is 13.2. The minimum atomic E-state index is -1.69. The van der Waals surface area contributed by atoms with Crippen LogP contribution in [0.15, 0.2) is 36.1 Å². The van der Waals surface area contributed by atoms with Crippen molar-refractivity contribution in [3.8, 4) is 5.75 Å². The summed E-state index contributed by atoms with van der Waals surface area (Å²) in [6.45, 7) is 13.5. The summed E-state index contributed by atoms with van der Waals surface area (Å²) in [5.41, 5.74) is 1.33. The minimum absolute atomic E-state index is 0.248. The van der Waals surface area contributed by atoms with Crippen LogP contribution in [0.4, 0.5) is 0 Å². The lowest BCUT2D eigenvalue weighted by Gasteiger charge is -2.36. The van der Waals surface area contributed by atoms with Crippen LogP contribution >= 0.6 is 0 Å². The quantitative estimate of drug-likeness (QED) is 0.506. The average molecular weight is 307 g/mol.